The lowest BCUT2D eigenvalue weighted by Crippen LogP contribution is -2.07. The summed E-state index contributed by atoms with van der Waals surface area (Å²) >= 11 is 0. The number of aromatic nitrogens is 5. The molecule has 0 spiro atoms. The van der Waals surface area contributed by atoms with Gasteiger partial charge in [-0.1, -0.05) is 25.0 Å². The summed E-state index contributed by atoms with van der Waals surface area (Å²) in [6.07, 6.45) is 9.05. The molecular weight excluding hydrogens is 254 g/mol. The molecule has 1 unspecified atom stereocenters. The maximum atomic E-state index is 9.72. The van der Waals surface area contributed by atoms with Gasteiger partial charge in [-0.2, -0.15) is 5.10 Å². The SMILES string of the molecule is CCC(O)c1cn(Cc2ccn(C3CCCC3)n2)nn1. The number of aliphatic hydroxyl groups is 1. The molecule has 20 heavy (non-hydrogen) atoms. The Morgan fingerprint density at radius 2 is 2.20 bits per heavy atom. The Morgan fingerprint density at radius 3 is 2.95 bits per heavy atom. The molecule has 1 saturated carbocycles. The zero-order valence-electron chi connectivity index (χ0n) is 11.8. The Labute approximate surface area is 118 Å². The van der Waals surface area contributed by atoms with E-state index in [1.165, 1.54) is 25.7 Å². The lowest BCUT2D eigenvalue weighted by molar-refractivity contribution is 0.168. The third kappa shape index (κ3) is 2.75. The molecule has 1 atom stereocenters. The van der Waals surface area contributed by atoms with E-state index in [0.29, 0.717) is 24.7 Å². The van der Waals surface area contributed by atoms with Crippen LogP contribution in [0.25, 0.3) is 0 Å². The van der Waals surface area contributed by atoms with Gasteiger partial charge in [0.1, 0.15) is 5.69 Å². The van der Waals surface area contributed by atoms with E-state index in [1.807, 2.05) is 13.0 Å². The third-order valence-electron chi connectivity index (χ3n) is 3.97. The van der Waals surface area contributed by atoms with Crippen LogP contribution in [0.1, 0.15) is 62.6 Å². The number of rotatable bonds is 5. The monoisotopic (exact) mass is 275 g/mol. The van der Waals surface area contributed by atoms with Crippen LogP contribution in [-0.2, 0) is 6.54 Å². The van der Waals surface area contributed by atoms with Gasteiger partial charge in [-0.25, -0.2) is 4.68 Å². The predicted molar refractivity (Wildman–Crippen MR) is 74.1 cm³/mol. The topological polar surface area (TPSA) is 68.8 Å². The molecule has 6 heteroatoms. The van der Waals surface area contributed by atoms with Crippen LogP contribution >= 0.6 is 0 Å². The van der Waals surface area contributed by atoms with E-state index >= 15 is 0 Å². The van der Waals surface area contributed by atoms with Crippen LogP contribution in [0.5, 0.6) is 0 Å². The molecule has 3 rings (SSSR count). The molecule has 1 aliphatic rings. The van der Waals surface area contributed by atoms with Gasteiger partial charge in [-0.05, 0) is 25.3 Å². The quantitative estimate of drug-likeness (QED) is 0.907. The molecule has 0 aromatic carbocycles. The summed E-state index contributed by atoms with van der Waals surface area (Å²) in [4.78, 5) is 0. The maximum Gasteiger partial charge on any atom is 0.111 e. The summed E-state index contributed by atoms with van der Waals surface area (Å²) in [5.74, 6) is 0. The molecule has 2 heterocycles. The van der Waals surface area contributed by atoms with Crippen LogP contribution in [0.15, 0.2) is 18.5 Å². The van der Waals surface area contributed by atoms with Gasteiger partial charge >= 0.3 is 0 Å². The van der Waals surface area contributed by atoms with Gasteiger partial charge in [0.2, 0.25) is 0 Å². The predicted octanol–water partition coefficient (Wildman–Crippen LogP) is 2.08. The van der Waals surface area contributed by atoms with Gasteiger partial charge in [0.25, 0.3) is 0 Å². The second-order valence-electron chi connectivity index (χ2n) is 5.49. The number of nitrogens with zero attached hydrogens (tertiary/aromatic N) is 5. The van der Waals surface area contributed by atoms with Crippen molar-refractivity contribution >= 4 is 0 Å². The molecule has 0 radical (unpaired) electrons. The van der Waals surface area contributed by atoms with Crippen molar-refractivity contribution in [2.24, 2.45) is 0 Å². The van der Waals surface area contributed by atoms with E-state index < -0.39 is 6.10 Å². The zero-order chi connectivity index (χ0) is 13.9. The highest BCUT2D eigenvalue weighted by molar-refractivity contribution is 5.03. The van der Waals surface area contributed by atoms with Crippen molar-refractivity contribution in [1.82, 2.24) is 24.8 Å². The van der Waals surface area contributed by atoms with Crippen LogP contribution in [0.3, 0.4) is 0 Å². The maximum absolute atomic E-state index is 9.72. The summed E-state index contributed by atoms with van der Waals surface area (Å²) < 4.78 is 3.82. The second-order valence-corrected chi connectivity index (χ2v) is 5.49. The van der Waals surface area contributed by atoms with Crippen LogP contribution in [0, 0.1) is 0 Å². The highest BCUT2D eigenvalue weighted by Gasteiger charge is 2.17. The minimum absolute atomic E-state index is 0.528. The van der Waals surface area contributed by atoms with E-state index in [4.69, 9.17) is 0 Å². The Bertz CT molecular complexity index is 555. The number of hydrogen-bond acceptors (Lipinski definition) is 4. The molecule has 1 aliphatic carbocycles. The van der Waals surface area contributed by atoms with Gasteiger partial charge < -0.3 is 5.11 Å². The van der Waals surface area contributed by atoms with Crippen molar-refractivity contribution in [1.29, 1.82) is 0 Å². The lowest BCUT2D eigenvalue weighted by atomic mass is 10.2. The first kappa shape index (κ1) is 13.3. The minimum Gasteiger partial charge on any atom is -0.387 e. The van der Waals surface area contributed by atoms with Gasteiger partial charge in [-0.15, -0.1) is 5.10 Å². The smallest absolute Gasteiger partial charge is 0.111 e. The lowest BCUT2D eigenvalue weighted by Gasteiger charge is -2.08. The standard InChI is InChI=1S/C14H21N5O/c1-2-14(20)13-10-18(17-15-13)9-11-7-8-19(16-11)12-5-3-4-6-12/h7-8,10,12,14,20H,2-6,9H2,1H3. The summed E-state index contributed by atoms with van der Waals surface area (Å²) in [7, 11) is 0. The second kappa shape index (κ2) is 5.75. The summed E-state index contributed by atoms with van der Waals surface area (Å²) in [6.45, 7) is 2.52. The largest absolute Gasteiger partial charge is 0.387 e. The molecule has 108 valence electrons. The first-order valence-electron chi connectivity index (χ1n) is 7.38. The fraction of sp³-hybridized carbons (Fsp3) is 0.643. The van der Waals surface area contributed by atoms with E-state index in [1.54, 1.807) is 10.9 Å². The Morgan fingerprint density at radius 1 is 1.40 bits per heavy atom. The van der Waals surface area contributed by atoms with Gasteiger partial charge in [0.05, 0.1) is 30.6 Å². The van der Waals surface area contributed by atoms with E-state index in [2.05, 4.69) is 26.3 Å². The van der Waals surface area contributed by atoms with Crippen molar-refractivity contribution in [3.8, 4) is 0 Å². The van der Waals surface area contributed by atoms with Crippen molar-refractivity contribution < 1.29 is 5.11 Å². The van der Waals surface area contributed by atoms with Crippen molar-refractivity contribution in [2.45, 2.75) is 57.7 Å². The molecule has 2 aromatic heterocycles. The van der Waals surface area contributed by atoms with Crippen LogP contribution in [0.4, 0.5) is 0 Å². The molecule has 1 N–H and O–H groups in total. The zero-order valence-corrected chi connectivity index (χ0v) is 11.8. The average Bonchev–Trinajstić information content (AvgIpc) is 3.19. The molecular formula is C14H21N5O. The Kier molecular flexibility index (Phi) is 3.82. The normalized spacial score (nSPS) is 17.7. The van der Waals surface area contributed by atoms with Crippen molar-refractivity contribution in [3.05, 3.63) is 29.8 Å². The molecule has 1 fully saturated rings. The van der Waals surface area contributed by atoms with Crippen molar-refractivity contribution in [2.75, 3.05) is 0 Å². The van der Waals surface area contributed by atoms with Crippen LogP contribution in [-0.4, -0.2) is 29.9 Å². The van der Waals surface area contributed by atoms with Gasteiger partial charge in [0.15, 0.2) is 0 Å². The molecule has 6 nitrogen and oxygen atoms in total. The highest BCUT2D eigenvalue weighted by atomic mass is 16.3. The van der Waals surface area contributed by atoms with E-state index in [-0.39, 0.29) is 0 Å². The van der Waals surface area contributed by atoms with Crippen molar-refractivity contribution in [3.63, 3.8) is 0 Å². The Hall–Kier alpha value is -1.69. The van der Waals surface area contributed by atoms with Gasteiger partial charge in [-0.3, -0.25) is 4.68 Å². The highest BCUT2D eigenvalue weighted by Crippen LogP contribution is 2.28. The van der Waals surface area contributed by atoms with Crippen LogP contribution in [0.2, 0.25) is 0 Å². The molecule has 0 bridgehead atoms. The fourth-order valence-corrected chi connectivity index (χ4v) is 2.75. The van der Waals surface area contributed by atoms with Crippen LogP contribution < -0.4 is 0 Å². The minimum atomic E-state index is -0.528. The molecule has 2 aromatic rings. The third-order valence-corrected chi connectivity index (χ3v) is 3.97. The fourth-order valence-electron chi connectivity index (χ4n) is 2.75. The summed E-state index contributed by atoms with van der Waals surface area (Å²) in [5.41, 5.74) is 1.61. The first-order chi connectivity index (χ1) is 9.76. The molecule has 0 aliphatic heterocycles. The van der Waals surface area contributed by atoms with E-state index in [9.17, 15) is 5.11 Å². The molecule has 0 saturated heterocycles. The summed E-state index contributed by atoms with van der Waals surface area (Å²) in [5, 5.41) is 22.4. The Balaban J connectivity index is 1.66. The number of aliphatic hydroxyl groups excluding tert-OH is 1. The summed E-state index contributed by atoms with van der Waals surface area (Å²) in [6, 6.07) is 2.60. The first-order valence-corrected chi connectivity index (χ1v) is 7.38. The molecule has 0 amide bonds. The number of hydrogen-bond donors (Lipinski definition) is 1. The van der Waals surface area contributed by atoms with E-state index in [0.717, 1.165) is 5.69 Å². The van der Waals surface area contributed by atoms with Gasteiger partial charge in [0, 0.05) is 6.20 Å². The average molecular weight is 275 g/mol.